The topological polar surface area (TPSA) is 77.5 Å². The molecule has 5 nitrogen and oxygen atoms in total. The highest BCUT2D eigenvalue weighted by molar-refractivity contribution is 8.14. The van der Waals surface area contributed by atoms with Crippen molar-refractivity contribution in [1.82, 2.24) is 4.90 Å². The number of carbonyl (C=O) groups is 3. The molecule has 3 aromatic rings. The number of thioether (sulfide) groups is 1. The zero-order chi connectivity index (χ0) is 21.8. The summed E-state index contributed by atoms with van der Waals surface area (Å²) in [6.07, 6.45) is 0.0748. The molecule has 1 aliphatic rings. The van der Waals surface area contributed by atoms with Gasteiger partial charge in [0, 0.05) is 0 Å². The van der Waals surface area contributed by atoms with Crippen LogP contribution >= 0.6 is 19.0 Å². The molecule has 1 aliphatic heterocycles. The predicted molar refractivity (Wildman–Crippen MR) is 124 cm³/mol. The third-order valence-electron chi connectivity index (χ3n) is 5.41. The maximum absolute atomic E-state index is 12.4. The fourth-order valence-corrected chi connectivity index (χ4v) is 9.15. The first kappa shape index (κ1) is 21.3. The molecule has 4 rings (SSSR count). The molecule has 2 amide bonds. The smallest absolute Gasteiger partial charge is 0.289 e. The molecule has 1 saturated heterocycles. The lowest BCUT2D eigenvalue weighted by molar-refractivity contribution is -0.309. The molecule has 3 aromatic carbocycles. The van der Waals surface area contributed by atoms with E-state index in [1.807, 2.05) is 91.0 Å². The van der Waals surface area contributed by atoms with Gasteiger partial charge in [0.25, 0.3) is 5.24 Å². The number of carboxylic acids is 1. The molecule has 1 fully saturated rings. The molecule has 0 radical (unpaired) electrons. The van der Waals surface area contributed by atoms with Gasteiger partial charge < -0.3 is 9.90 Å². The van der Waals surface area contributed by atoms with Crippen LogP contribution in [-0.4, -0.2) is 40.0 Å². The molecule has 0 aromatic heterocycles. The summed E-state index contributed by atoms with van der Waals surface area (Å²) in [6.45, 7) is 0. The van der Waals surface area contributed by atoms with Crippen molar-refractivity contribution >= 4 is 52.1 Å². The summed E-state index contributed by atoms with van der Waals surface area (Å²) in [7, 11) is -2.54. The van der Waals surface area contributed by atoms with Crippen LogP contribution in [-0.2, 0) is 9.59 Å². The number of hydrogen-bond acceptors (Lipinski definition) is 5. The van der Waals surface area contributed by atoms with Gasteiger partial charge in [-0.15, -0.1) is 0 Å². The first-order chi connectivity index (χ1) is 15.0. The van der Waals surface area contributed by atoms with Crippen molar-refractivity contribution in [3.05, 3.63) is 91.0 Å². The lowest BCUT2D eigenvalue weighted by Crippen LogP contribution is -2.54. The van der Waals surface area contributed by atoms with Crippen LogP contribution in [0.2, 0.25) is 0 Å². The van der Waals surface area contributed by atoms with Gasteiger partial charge in [-0.2, -0.15) is 0 Å². The molecule has 0 aliphatic carbocycles. The molecule has 0 spiro atoms. The molecule has 0 saturated carbocycles. The zero-order valence-corrected chi connectivity index (χ0v) is 18.3. The molecule has 31 heavy (non-hydrogen) atoms. The van der Waals surface area contributed by atoms with Crippen molar-refractivity contribution in [1.29, 1.82) is 0 Å². The summed E-state index contributed by atoms with van der Waals surface area (Å²) in [4.78, 5) is 38.0. The summed E-state index contributed by atoms with van der Waals surface area (Å²) in [5.41, 5.74) is 0. The van der Waals surface area contributed by atoms with Gasteiger partial charge in [-0.1, -0.05) is 66.4 Å². The number of imide groups is 1. The Balaban J connectivity index is 1.96. The van der Waals surface area contributed by atoms with Crippen LogP contribution < -0.4 is 21.0 Å². The molecule has 1 unspecified atom stereocenters. The summed E-state index contributed by atoms with van der Waals surface area (Å²) in [5, 5.41) is 14.7. The largest absolute Gasteiger partial charge is 0.548 e. The fraction of sp³-hybridized carbons (Fsp3) is 0.125. The standard InChI is InChI=1S/C24H20NO4PS/c26-22-17-31-24(29)25(22)21(23(27)28)16-30(18-10-4-1-5-11-18,19-12-6-2-7-13-19)20-14-8-3-9-15-20/h1-15,21H,16-17H2. The Morgan fingerprint density at radius 3 is 1.58 bits per heavy atom. The van der Waals surface area contributed by atoms with Crippen molar-refractivity contribution in [3.63, 3.8) is 0 Å². The van der Waals surface area contributed by atoms with Crippen molar-refractivity contribution in [3.8, 4) is 0 Å². The lowest BCUT2D eigenvalue weighted by Gasteiger charge is -2.34. The Hall–Kier alpha value is -2.95. The summed E-state index contributed by atoms with van der Waals surface area (Å²) in [5.74, 6) is -1.95. The monoisotopic (exact) mass is 449 g/mol. The maximum atomic E-state index is 12.4. The number of nitrogens with zero attached hydrogens (tertiary/aromatic N) is 1. The van der Waals surface area contributed by atoms with Crippen molar-refractivity contribution in [2.24, 2.45) is 0 Å². The Bertz CT molecular complexity index is 980. The summed E-state index contributed by atoms with van der Waals surface area (Å²) >= 11 is 0.831. The molecule has 0 bridgehead atoms. The normalized spacial score (nSPS) is 15.2. The molecule has 0 N–H and O–H groups in total. The van der Waals surface area contributed by atoms with Crippen LogP contribution in [0.4, 0.5) is 4.79 Å². The Labute approximate surface area is 185 Å². The van der Waals surface area contributed by atoms with Gasteiger partial charge in [-0.3, -0.25) is 14.5 Å². The number of benzene rings is 3. The Kier molecular flexibility index (Phi) is 6.21. The van der Waals surface area contributed by atoms with Crippen LogP contribution in [0.25, 0.3) is 0 Å². The highest BCUT2D eigenvalue weighted by Gasteiger charge is 2.50. The van der Waals surface area contributed by atoms with E-state index in [1.165, 1.54) is 0 Å². The van der Waals surface area contributed by atoms with Gasteiger partial charge in [0.1, 0.15) is 29.2 Å². The van der Waals surface area contributed by atoms with Gasteiger partial charge in [0.2, 0.25) is 5.91 Å². The third-order valence-corrected chi connectivity index (χ3v) is 10.7. The maximum Gasteiger partial charge on any atom is 0.289 e. The highest BCUT2D eigenvalue weighted by atomic mass is 32.2. The minimum Gasteiger partial charge on any atom is -0.548 e. The van der Waals surface area contributed by atoms with Gasteiger partial charge >= 0.3 is 0 Å². The van der Waals surface area contributed by atoms with E-state index in [0.29, 0.717) is 0 Å². The second-order valence-electron chi connectivity index (χ2n) is 7.15. The molecule has 156 valence electrons. The van der Waals surface area contributed by atoms with Gasteiger partial charge in [-0.25, -0.2) is 0 Å². The lowest BCUT2D eigenvalue weighted by atomic mass is 10.3. The van der Waals surface area contributed by atoms with Gasteiger partial charge in [-0.05, 0) is 36.4 Å². The SMILES string of the molecule is O=C([O-])C(C[P+](c1ccccc1)(c1ccccc1)c1ccccc1)N1C(=O)CSC1=O. The van der Waals surface area contributed by atoms with Crippen LogP contribution in [0.15, 0.2) is 91.0 Å². The van der Waals surface area contributed by atoms with Crippen LogP contribution in [0.5, 0.6) is 0 Å². The van der Waals surface area contributed by atoms with Crippen LogP contribution in [0, 0.1) is 0 Å². The predicted octanol–water partition coefficient (Wildman–Crippen LogP) is 1.79. The number of hydrogen-bond donors (Lipinski definition) is 0. The molecule has 7 heteroatoms. The van der Waals surface area contributed by atoms with E-state index in [0.717, 1.165) is 32.6 Å². The van der Waals surface area contributed by atoms with E-state index in [2.05, 4.69) is 0 Å². The number of amides is 2. The van der Waals surface area contributed by atoms with E-state index in [-0.39, 0.29) is 11.9 Å². The number of rotatable bonds is 7. The average molecular weight is 449 g/mol. The minimum absolute atomic E-state index is 0.0456. The summed E-state index contributed by atoms with van der Waals surface area (Å²) in [6, 6.07) is 27.8. The molecule has 1 atom stereocenters. The van der Waals surface area contributed by atoms with Crippen molar-refractivity contribution in [2.75, 3.05) is 11.9 Å². The van der Waals surface area contributed by atoms with E-state index in [9.17, 15) is 19.5 Å². The second-order valence-corrected chi connectivity index (χ2v) is 11.6. The van der Waals surface area contributed by atoms with Crippen molar-refractivity contribution < 1.29 is 19.5 Å². The molecular weight excluding hydrogens is 429 g/mol. The zero-order valence-electron chi connectivity index (χ0n) is 16.6. The number of carbonyl (C=O) groups excluding carboxylic acids is 3. The van der Waals surface area contributed by atoms with Crippen molar-refractivity contribution in [2.45, 2.75) is 6.04 Å². The van der Waals surface area contributed by atoms with Crippen LogP contribution in [0.3, 0.4) is 0 Å². The van der Waals surface area contributed by atoms with E-state index in [1.54, 1.807) is 0 Å². The molecule has 1 heterocycles. The van der Waals surface area contributed by atoms with E-state index >= 15 is 0 Å². The first-order valence-electron chi connectivity index (χ1n) is 9.78. The number of aliphatic carboxylic acids is 1. The first-order valence-corrected chi connectivity index (χ1v) is 12.7. The van der Waals surface area contributed by atoms with Gasteiger partial charge in [0.05, 0.1) is 17.9 Å². The highest BCUT2D eigenvalue weighted by Crippen LogP contribution is 2.56. The quantitative estimate of drug-likeness (QED) is 0.514. The third kappa shape index (κ3) is 4.01. The second kappa shape index (κ2) is 9.04. The Morgan fingerprint density at radius 2 is 1.26 bits per heavy atom. The Morgan fingerprint density at radius 1 is 0.839 bits per heavy atom. The van der Waals surface area contributed by atoms with Gasteiger partial charge in [0.15, 0.2) is 0 Å². The molecular formula is C24H20NO4PS. The fourth-order valence-electron chi connectivity index (χ4n) is 4.00. The average Bonchev–Trinajstić information content (AvgIpc) is 3.14. The number of carboxylic acid groups (broad SMARTS) is 1. The van der Waals surface area contributed by atoms with Crippen LogP contribution in [0.1, 0.15) is 0 Å². The van der Waals surface area contributed by atoms with E-state index < -0.39 is 30.4 Å². The minimum atomic E-state index is -2.54. The van der Waals surface area contributed by atoms with E-state index in [4.69, 9.17) is 0 Å². The summed E-state index contributed by atoms with van der Waals surface area (Å²) < 4.78 is 0.